The molecule has 0 radical (unpaired) electrons. The first-order chi connectivity index (χ1) is 9.51. The van der Waals surface area contributed by atoms with Crippen LogP contribution in [0.15, 0.2) is 66.1 Å². The summed E-state index contributed by atoms with van der Waals surface area (Å²) in [6.45, 7) is 5.56. The van der Waals surface area contributed by atoms with Gasteiger partial charge in [-0.15, -0.1) is 6.58 Å². The van der Waals surface area contributed by atoms with E-state index in [-0.39, 0.29) is 4.90 Å². The summed E-state index contributed by atoms with van der Waals surface area (Å²) in [5.41, 5.74) is 2.05. The van der Waals surface area contributed by atoms with Gasteiger partial charge in [-0.05, 0) is 43.2 Å². The molecule has 0 spiro atoms. The van der Waals surface area contributed by atoms with E-state index < -0.39 is 10.1 Å². The smallest absolute Gasteiger partial charge is 0.339 e. The summed E-state index contributed by atoms with van der Waals surface area (Å²) in [6.07, 6.45) is 2.53. The molecule has 0 aromatic heterocycles. The lowest BCUT2D eigenvalue weighted by molar-refractivity contribution is 0.486. The molecule has 0 bridgehead atoms. The van der Waals surface area contributed by atoms with Gasteiger partial charge >= 0.3 is 10.1 Å². The van der Waals surface area contributed by atoms with Crippen molar-refractivity contribution in [3.63, 3.8) is 0 Å². The summed E-state index contributed by atoms with van der Waals surface area (Å²) in [5, 5.41) is 0. The lowest BCUT2D eigenvalue weighted by Crippen LogP contribution is -2.09. The number of hydrogen-bond acceptors (Lipinski definition) is 3. The van der Waals surface area contributed by atoms with Gasteiger partial charge in [0.1, 0.15) is 10.6 Å². The largest absolute Gasteiger partial charge is 0.379 e. The van der Waals surface area contributed by atoms with Crippen LogP contribution in [0.1, 0.15) is 11.1 Å². The molecule has 2 aromatic carbocycles. The Balaban J connectivity index is 2.19. The van der Waals surface area contributed by atoms with Crippen molar-refractivity contribution < 1.29 is 12.6 Å². The number of hydrogen-bond donors (Lipinski definition) is 0. The van der Waals surface area contributed by atoms with Crippen LogP contribution in [0, 0.1) is 6.92 Å². The summed E-state index contributed by atoms with van der Waals surface area (Å²) in [4.78, 5) is 0.151. The summed E-state index contributed by atoms with van der Waals surface area (Å²) < 4.78 is 29.3. The lowest BCUT2D eigenvalue weighted by atomic mass is 10.1. The van der Waals surface area contributed by atoms with Crippen molar-refractivity contribution >= 4 is 10.1 Å². The van der Waals surface area contributed by atoms with Gasteiger partial charge in [-0.25, -0.2) is 0 Å². The predicted molar refractivity (Wildman–Crippen MR) is 79.3 cm³/mol. The molecule has 0 heterocycles. The van der Waals surface area contributed by atoms with Crippen LogP contribution in [0.2, 0.25) is 0 Å². The minimum atomic E-state index is -3.78. The van der Waals surface area contributed by atoms with E-state index in [2.05, 4.69) is 6.58 Å². The van der Waals surface area contributed by atoms with Crippen LogP contribution >= 0.6 is 0 Å². The third-order valence-electron chi connectivity index (χ3n) is 2.82. The van der Waals surface area contributed by atoms with E-state index in [9.17, 15) is 8.42 Å². The van der Waals surface area contributed by atoms with E-state index in [0.717, 1.165) is 17.5 Å². The first-order valence-corrected chi connectivity index (χ1v) is 7.63. The second-order valence-corrected chi connectivity index (χ2v) is 6.03. The topological polar surface area (TPSA) is 43.4 Å². The van der Waals surface area contributed by atoms with Gasteiger partial charge in [0, 0.05) is 0 Å². The van der Waals surface area contributed by atoms with Crippen molar-refractivity contribution in [1.82, 2.24) is 0 Å². The Morgan fingerprint density at radius 3 is 2.20 bits per heavy atom. The molecule has 4 heteroatoms. The van der Waals surface area contributed by atoms with Crippen molar-refractivity contribution in [2.75, 3.05) is 0 Å². The van der Waals surface area contributed by atoms with E-state index in [1.807, 2.05) is 19.1 Å². The molecule has 0 fully saturated rings. The third-order valence-corrected chi connectivity index (χ3v) is 4.08. The molecular weight excluding hydrogens is 272 g/mol. The fourth-order valence-corrected chi connectivity index (χ4v) is 2.66. The van der Waals surface area contributed by atoms with E-state index >= 15 is 0 Å². The van der Waals surface area contributed by atoms with E-state index in [1.165, 1.54) is 12.1 Å². The Labute approximate surface area is 119 Å². The molecule has 2 rings (SSSR count). The van der Waals surface area contributed by atoms with Gasteiger partial charge in [0.05, 0.1) is 0 Å². The molecule has 20 heavy (non-hydrogen) atoms. The molecule has 0 aliphatic carbocycles. The zero-order valence-corrected chi connectivity index (χ0v) is 12.1. The van der Waals surface area contributed by atoms with E-state index in [4.69, 9.17) is 4.18 Å². The molecule has 0 aliphatic rings. The maximum Gasteiger partial charge on any atom is 0.339 e. The van der Waals surface area contributed by atoms with Gasteiger partial charge in [-0.1, -0.05) is 35.9 Å². The highest BCUT2D eigenvalue weighted by Crippen LogP contribution is 2.19. The van der Waals surface area contributed by atoms with E-state index in [0.29, 0.717) is 5.75 Å². The molecular formula is C16H16O3S. The van der Waals surface area contributed by atoms with Crippen molar-refractivity contribution in [3.8, 4) is 5.75 Å². The lowest BCUT2D eigenvalue weighted by Gasteiger charge is -2.07. The van der Waals surface area contributed by atoms with Gasteiger partial charge in [-0.3, -0.25) is 0 Å². The molecule has 0 saturated carbocycles. The van der Waals surface area contributed by atoms with Crippen LogP contribution in [-0.2, 0) is 16.5 Å². The highest BCUT2D eigenvalue weighted by Gasteiger charge is 2.16. The molecule has 2 aromatic rings. The maximum absolute atomic E-state index is 12.1. The maximum atomic E-state index is 12.1. The van der Waals surface area contributed by atoms with Crippen LogP contribution in [0.5, 0.6) is 5.75 Å². The minimum Gasteiger partial charge on any atom is -0.379 e. The summed E-state index contributed by atoms with van der Waals surface area (Å²) in [5.74, 6) is 0.304. The predicted octanol–water partition coefficient (Wildman–Crippen LogP) is 3.49. The number of rotatable bonds is 5. The molecule has 0 saturated heterocycles. The molecule has 0 N–H and O–H groups in total. The second kappa shape index (κ2) is 5.92. The average molecular weight is 288 g/mol. The molecule has 0 aliphatic heterocycles. The quantitative estimate of drug-likeness (QED) is 0.625. The second-order valence-electron chi connectivity index (χ2n) is 4.49. The van der Waals surface area contributed by atoms with Crippen LogP contribution in [0.25, 0.3) is 0 Å². The van der Waals surface area contributed by atoms with Crippen LogP contribution in [-0.4, -0.2) is 8.42 Å². The fourth-order valence-electron chi connectivity index (χ4n) is 1.73. The Hall–Kier alpha value is -2.07. The monoisotopic (exact) mass is 288 g/mol. The molecule has 0 atom stereocenters. The molecule has 0 amide bonds. The minimum absolute atomic E-state index is 0.151. The van der Waals surface area contributed by atoms with Crippen LogP contribution < -0.4 is 4.18 Å². The first-order valence-electron chi connectivity index (χ1n) is 6.22. The Morgan fingerprint density at radius 2 is 1.65 bits per heavy atom. The normalized spacial score (nSPS) is 11.1. The molecule has 3 nitrogen and oxygen atoms in total. The number of benzene rings is 2. The van der Waals surface area contributed by atoms with Crippen LogP contribution in [0.4, 0.5) is 0 Å². The zero-order valence-electron chi connectivity index (χ0n) is 11.2. The third kappa shape index (κ3) is 3.48. The summed E-state index contributed by atoms with van der Waals surface area (Å²) >= 11 is 0. The summed E-state index contributed by atoms with van der Waals surface area (Å²) in [6, 6.07) is 13.5. The highest BCUT2D eigenvalue weighted by atomic mass is 32.2. The van der Waals surface area contributed by atoms with Crippen molar-refractivity contribution in [2.45, 2.75) is 18.2 Å². The van der Waals surface area contributed by atoms with Gasteiger partial charge in [0.2, 0.25) is 0 Å². The SMILES string of the molecule is C=CCc1ccc(OS(=O)(=O)c2ccc(C)cc2)cc1. The highest BCUT2D eigenvalue weighted by molar-refractivity contribution is 7.87. The fraction of sp³-hybridized carbons (Fsp3) is 0.125. The Morgan fingerprint density at radius 1 is 1.05 bits per heavy atom. The van der Waals surface area contributed by atoms with E-state index in [1.54, 1.807) is 30.3 Å². The Kier molecular flexibility index (Phi) is 4.25. The van der Waals surface area contributed by atoms with Crippen molar-refractivity contribution in [3.05, 3.63) is 72.3 Å². The summed E-state index contributed by atoms with van der Waals surface area (Å²) in [7, 11) is -3.78. The zero-order chi connectivity index (χ0) is 14.6. The van der Waals surface area contributed by atoms with Gasteiger partial charge in [-0.2, -0.15) is 8.42 Å². The first kappa shape index (κ1) is 14.3. The number of allylic oxidation sites excluding steroid dienone is 1. The Bertz CT molecular complexity index is 684. The average Bonchev–Trinajstić information content (AvgIpc) is 2.41. The molecule has 104 valence electrons. The van der Waals surface area contributed by atoms with Gasteiger partial charge in [0.25, 0.3) is 0 Å². The standard InChI is InChI=1S/C16H16O3S/c1-3-4-14-7-9-15(10-8-14)19-20(17,18)16-11-5-13(2)6-12-16/h3,5-12H,1,4H2,2H3. The van der Waals surface area contributed by atoms with Crippen molar-refractivity contribution in [1.29, 1.82) is 0 Å². The van der Waals surface area contributed by atoms with Crippen molar-refractivity contribution in [2.24, 2.45) is 0 Å². The van der Waals surface area contributed by atoms with Crippen LogP contribution in [0.3, 0.4) is 0 Å². The molecule has 0 unspecified atom stereocenters. The van der Waals surface area contributed by atoms with Gasteiger partial charge in [0.15, 0.2) is 0 Å². The van der Waals surface area contributed by atoms with Gasteiger partial charge < -0.3 is 4.18 Å². The number of aryl methyl sites for hydroxylation is 1.